The van der Waals surface area contributed by atoms with Crippen LogP contribution >= 0.6 is 0 Å². The SMILES string of the molecule is C=Cc1cccc(-c2nn(C)c(-c3nc4ccc(C(N)=O)cc4[nH]3)c2O)c1. The normalized spacial score (nSPS) is 11.0. The highest BCUT2D eigenvalue weighted by molar-refractivity contribution is 5.96. The number of carbonyl (C=O) groups excluding carboxylic acids is 1. The van der Waals surface area contributed by atoms with Crippen LogP contribution in [-0.2, 0) is 7.05 Å². The molecule has 0 atom stereocenters. The van der Waals surface area contributed by atoms with E-state index in [-0.39, 0.29) is 5.75 Å². The molecule has 1 amide bonds. The highest BCUT2D eigenvalue weighted by Crippen LogP contribution is 2.37. The quantitative estimate of drug-likeness (QED) is 0.520. The average Bonchev–Trinajstić information content (AvgIpc) is 3.20. The van der Waals surface area contributed by atoms with Gasteiger partial charge in [-0.2, -0.15) is 5.10 Å². The van der Waals surface area contributed by atoms with Crippen molar-refractivity contribution >= 4 is 23.0 Å². The predicted molar refractivity (Wildman–Crippen MR) is 104 cm³/mol. The van der Waals surface area contributed by atoms with Crippen molar-refractivity contribution < 1.29 is 9.90 Å². The van der Waals surface area contributed by atoms with Gasteiger partial charge < -0.3 is 15.8 Å². The summed E-state index contributed by atoms with van der Waals surface area (Å²) in [6, 6.07) is 12.5. The lowest BCUT2D eigenvalue weighted by Crippen LogP contribution is -2.10. The fraction of sp³-hybridized carbons (Fsp3) is 0.0500. The fourth-order valence-corrected chi connectivity index (χ4v) is 3.06. The molecule has 2 aromatic heterocycles. The number of nitrogens with one attached hydrogen (secondary N) is 1. The number of aromatic hydroxyl groups is 1. The van der Waals surface area contributed by atoms with Crippen LogP contribution in [-0.4, -0.2) is 30.8 Å². The summed E-state index contributed by atoms with van der Waals surface area (Å²) in [4.78, 5) is 19.0. The second-order valence-corrected chi connectivity index (χ2v) is 6.18. The van der Waals surface area contributed by atoms with Crippen LogP contribution in [0.4, 0.5) is 0 Å². The zero-order valence-electron chi connectivity index (χ0n) is 14.6. The number of fused-ring (bicyclic) bond motifs is 1. The molecule has 134 valence electrons. The van der Waals surface area contributed by atoms with Crippen molar-refractivity contribution in [1.82, 2.24) is 19.7 Å². The van der Waals surface area contributed by atoms with E-state index in [4.69, 9.17) is 5.73 Å². The van der Waals surface area contributed by atoms with Crippen LogP contribution < -0.4 is 5.73 Å². The molecule has 7 heteroatoms. The lowest BCUT2D eigenvalue weighted by atomic mass is 10.1. The number of amides is 1. The van der Waals surface area contributed by atoms with Gasteiger partial charge in [0.15, 0.2) is 11.6 Å². The molecule has 0 spiro atoms. The summed E-state index contributed by atoms with van der Waals surface area (Å²) in [5, 5.41) is 15.3. The maximum absolute atomic E-state index is 11.4. The Labute approximate surface area is 154 Å². The van der Waals surface area contributed by atoms with Crippen molar-refractivity contribution in [3.63, 3.8) is 0 Å². The van der Waals surface area contributed by atoms with E-state index in [0.29, 0.717) is 33.8 Å². The molecule has 2 aromatic carbocycles. The predicted octanol–water partition coefficient (Wildman–Crippen LogP) is 3.08. The Hall–Kier alpha value is -3.87. The summed E-state index contributed by atoms with van der Waals surface area (Å²) in [7, 11) is 1.73. The standard InChI is InChI=1S/C20H17N5O2/c1-3-11-5-4-6-12(9-11)16-18(26)17(25(2)24-16)20-22-14-8-7-13(19(21)27)10-15(14)23-20/h3-10,26H,1H2,2H3,(H2,21,27)(H,22,23). The maximum Gasteiger partial charge on any atom is 0.248 e. The minimum Gasteiger partial charge on any atom is -0.504 e. The van der Waals surface area contributed by atoms with Gasteiger partial charge in [-0.25, -0.2) is 4.98 Å². The number of primary amides is 1. The van der Waals surface area contributed by atoms with E-state index in [1.54, 1.807) is 36.0 Å². The van der Waals surface area contributed by atoms with Crippen molar-refractivity contribution in [2.24, 2.45) is 12.8 Å². The third-order valence-electron chi connectivity index (χ3n) is 4.41. The van der Waals surface area contributed by atoms with Gasteiger partial charge >= 0.3 is 0 Å². The van der Waals surface area contributed by atoms with Crippen LogP contribution in [0.5, 0.6) is 5.75 Å². The lowest BCUT2D eigenvalue weighted by Gasteiger charge is -2.00. The molecule has 0 saturated heterocycles. The first kappa shape index (κ1) is 16.6. The van der Waals surface area contributed by atoms with Crippen LogP contribution in [0.1, 0.15) is 15.9 Å². The van der Waals surface area contributed by atoms with E-state index in [1.165, 1.54) is 0 Å². The first-order chi connectivity index (χ1) is 13.0. The van der Waals surface area contributed by atoms with Crippen LogP contribution in [0.25, 0.3) is 39.9 Å². The Kier molecular flexibility index (Phi) is 3.77. The van der Waals surface area contributed by atoms with Crippen LogP contribution in [0.15, 0.2) is 49.0 Å². The molecular formula is C20H17N5O2. The first-order valence-corrected chi connectivity index (χ1v) is 8.26. The average molecular weight is 359 g/mol. The topological polar surface area (TPSA) is 110 Å². The van der Waals surface area contributed by atoms with E-state index in [9.17, 15) is 9.90 Å². The van der Waals surface area contributed by atoms with Crippen molar-refractivity contribution in [3.8, 4) is 28.5 Å². The van der Waals surface area contributed by atoms with E-state index >= 15 is 0 Å². The van der Waals surface area contributed by atoms with Crippen molar-refractivity contribution in [2.45, 2.75) is 0 Å². The number of aromatic amines is 1. The molecule has 0 fully saturated rings. The smallest absolute Gasteiger partial charge is 0.248 e. The minimum atomic E-state index is -0.513. The summed E-state index contributed by atoms with van der Waals surface area (Å²) < 4.78 is 1.57. The molecule has 0 aliphatic rings. The van der Waals surface area contributed by atoms with Gasteiger partial charge in [0.1, 0.15) is 11.4 Å². The minimum absolute atomic E-state index is 0.0212. The number of benzene rings is 2. The fourth-order valence-electron chi connectivity index (χ4n) is 3.06. The summed E-state index contributed by atoms with van der Waals surface area (Å²) in [6.07, 6.45) is 1.74. The highest BCUT2D eigenvalue weighted by Gasteiger charge is 2.21. The monoisotopic (exact) mass is 359 g/mol. The molecule has 0 saturated carbocycles. The number of nitrogens with zero attached hydrogens (tertiary/aromatic N) is 3. The zero-order chi connectivity index (χ0) is 19.1. The third-order valence-corrected chi connectivity index (χ3v) is 4.41. The van der Waals surface area contributed by atoms with E-state index in [1.807, 2.05) is 24.3 Å². The van der Waals surface area contributed by atoms with Crippen molar-refractivity contribution in [3.05, 3.63) is 60.2 Å². The van der Waals surface area contributed by atoms with Crippen LogP contribution in [0.2, 0.25) is 0 Å². The van der Waals surface area contributed by atoms with Crippen LogP contribution in [0.3, 0.4) is 0 Å². The zero-order valence-corrected chi connectivity index (χ0v) is 14.6. The van der Waals surface area contributed by atoms with Gasteiger partial charge in [0.05, 0.1) is 11.0 Å². The van der Waals surface area contributed by atoms with Gasteiger partial charge in [0.25, 0.3) is 0 Å². The van der Waals surface area contributed by atoms with E-state index < -0.39 is 5.91 Å². The first-order valence-electron chi connectivity index (χ1n) is 8.26. The number of H-pyrrole nitrogens is 1. The van der Waals surface area contributed by atoms with Crippen molar-refractivity contribution in [2.75, 3.05) is 0 Å². The van der Waals surface area contributed by atoms with E-state index in [0.717, 1.165) is 11.1 Å². The third kappa shape index (κ3) is 2.75. The molecule has 0 unspecified atom stereocenters. The molecule has 7 nitrogen and oxygen atoms in total. The number of imidazole rings is 1. The molecule has 0 bridgehead atoms. The second kappa shape index (κ2) is 6.14. The Morgan fingerprint density at radius 3 is 2.85 bits per heavy atom. The molecule has 4 rings (SSSR count). The Morgan fingerprint density at radius 2 is 2.11 bits per heavy atom. The molecule has 27 heavy (non-hydrogen) atoms. The molecular weight excluding hydrogens is 342 g/mol. The van der Waals surface area contributed by atoms with Gasteiger partial charge in [-0.3, -0.25) is 9.48 Å². The Balaban J connectivity index is 1.85. The number of rotatable bonds is 4. The summed E-state index contributed by atoms with van der Waals surface area (Å²) in [6.45, 7) is 3.77. The number of hydrogen-bond donors (Lipinski definition) is 3. The lowest BCUT2D eigenvalue weighted by molar-refractivity contribution is 0.100. The molecule has 4 N–H and O–H groups in total. The van der Waals surface area contributed by atoms with Crippen LogP contribution in [0, 0.1) is 0 Å². The summed E-state index contributed by atoms with van der Waals surface area (Å²) in [5.74, 6) is -0.0426. The molecule has 0 aliphatic carbocycles. The van der Waals surface area contributed by atoms with Gasteiger partial charge in [0.2, 0.25) is 5.91 Å². The van der Waals surface area contributed by atoms with E-state index in [2.05, 4.69) is 21.6 Å². The second-order valence-electron chi connectivity index (χ2n) is 6.18. The summed E-state index contributed by atoms with van der Waals surface area (Å²) in [5.41, 5.74) is 9.63. The highest BCUT2D eigenvalue weighted by atomic mass is 16.3. The Morgan fingerprint density at radius 1 is 1.30 bits per heavy atom. The molecule has 2 heterocycles. The van der Waals surface area contributed by atoms with Gasteiger partial charge in [-0.15, -0.1) is 0 Å². The van der Waals surface area contributed by atoms with Gasteiger partial charge in [0, 0.05) is 18.2 Å². The number of nitrogens with two attached hydrogens (primary N) is 1. The van der Waals surface area contributed by atoms with Gasteiger partial charge in [-0.1, -0.05) is 30.9 Å². The number of carbonyl (C=O) groups is 1. The number of aromatic nitrogens is 4. The summed E-state index contributed by atoms with van der Waals surface area (Å²) >= 11 is 0. The molecule has 4 aromatic rings. The van der Waals surface area contributed by atoms with Crippen molar-refractivity contribution in [1.29, 1.82) is 0 Å². The largest absolute Gasteiger partial charge is 0.504 e. The molecule has 0 aliphatic heterocycles. The molecule has 0 radical (unpaired) electrons. The Bertz CT molecular complexity index is 1200. The number of hydrogen-bond acceptors (Lipinski definition) is 4. The maximum atomic E-state index is 11.4. The number of aryl methyl sites for hydroxylation is 1. The van der Waals surface area contributed by atoms with Gasteiger partial charge in [-0.05, 0) is 29.8 Å².